The van der Waals surface area contributed by atoms with Gasteiger partial charge in [-0.25, -0.2) is 0 Å². The van der Waals surface area contributed by atoms with Gasteiger partial charge in [0.1, 0.15) is 0 Å². The molecule has 3 aliphatic rings. The fraction of sp³-hybridized carbons (Fsp3) is 0.400. The molecule has 3 aliphatic carbocycles. The summed E-state index contributed by atoms with van der Waals surface area (Å²) in [6.07, 6.45) is 15.0. The van der Waals surface area contributed by atoms with E-state index in [0.29, 0.717) is 0 Å². The number of hydrogen-bond acceptors (Lipinski definition) is 0. The van der Waals surface area contributed by atoms with Crippen LogP contribution in [0.15, 0.2) is 53.9 Å². The number of rotatable bonds is 3. The average Bonchev–Trinajstić information content (AvgIpc) is 3.10. The minimum atomic E-state index is -0.733. The molecule has 4 rings (SSSR count). The molecule has 0 bridgehead atoms. The Morgan fingerprint density at radius 1 is 1.00 bits per heavy atom. The second-order valence-electron chi connectivity index (χ2n) is 6.89. The molecule has 0 nitrogen and oxygen atoms in total. The van der Waals surface area contributed by atoms with Gasteiger partial charge in [0.25, 0.3) is 0 Å². The van der Waals surface area contributed by atoms with Crippen molar-refractivity contribution in [3.8, 4) is 0 Å². The molecule has 24 heavy (non-hydrogen) atoms. The van der Waals surface area contributed by atoms with Crippen LogP contribution >= 0.6 is 7.92 Å². The van der Waals surface area contributed by atoms with Gasteiger partial charge in [0.2, 0.25) is 0 Å². The number of fused-ring (bicyclic) bond motifs is 2. The van der Waals surface area contributed by atoms with Crippen LogP contribution in [0.4, 0.5) is 0 Å². The van der Waals surface area contributed by atoms with E-state index in [4.69, 9.17) is 0 Å². The molecule has 0 N–H and O–H groups in total. The van der Waals surface area contributed by atoms with E-state index in [1.165, 1.54) is 18.4 Å². The Morgan fingerprint density at radius 2 is 1.75 bits per heavy atom. The number of halogens is 2. The van der Waals surface area contributed by atoms with Gasteiger partial charge in [-0.15, -0.1) is 0 Å². The SMILES string of the molecule is CP(C)C1=Cc2ccccc2[CH]1[Hf+2][CH]1CCC2C=CC=CC21.[F-].[F-]. The van der Waals surface area contributed by atoms with E-state index < -0.39 is 22.9 Å². The topological polar surface area (TPSA) is 0 Å². The van der Waals surface area contributed by atoms with Crippen LogP contribution in [-0.2, 0) is 22.9 Å². The van der Waals surface area contributed by atoms with Crippen LogP contribution in [-0.4, -0.2) is 13.3 Å². The molecule has 1 aromatic carbocycles. The molecule has 126 valence electrons. The van der Waals surface area contributed by atoms with Crippen molar-refractivity contribution < 1.29 is 32.3 Å². The maximum Gasteiger partial charge on any atom is -1.00 e. The Bertz CT molecular complexity index is 665. The van der Waals surface area contributed by atoms with Crippen LogP contribution in [0, 0.1) is 11.8 Å². The third-order valence-corrected chi connectivity index (χ3v) is 15.1. The second kappa shape index (κ2) is 8.32. The summed E-state index contributed by atoms with van der Waals surface area (Å²) in [6, 6.07) is 9.20. The summed E-state index contributed by atoms with van der Waals surface area (Å²) >= 11 is -0.733. The summed E-state index contributed by atoms with van der Waals surface area (Å²) < 4.78 is 1.93. The van der Waals surface area contributed by atoms with E-state index in [0.717, 1.165) is 19.2 Å². The van der Waals surface area contributed by atoms with Crippen molar-refractivity contribution in [2.24, 2.45) is 11.8 Å². The fourth-order valence-corrected chi connectivity index (χ4v) is 16.0. The second-order valence-corrected chi connectivity index (χ2v) is 15.1. The first kappa shape index (κ1) is 19.9. The zero-order valence-corrected chi connectivity index (χ0v) is 18.6. The molecule has 0 aliphatic heterocycles. The van der Waals surface area contributed by atoms with E-state index in [9.17, 15) is 0 Å². The van der Waals surface area contributed by atoms with E-state index >= 15 is 0 Å². The molecule has 0 radical (unpaired) electrons. The van der Waals surface area contributed by atoms with Crippen LogP contribution in [0.3, 0.4) is 0 Å². The Balaban J connectivity index is 0.00000104. The van der Waals surface area contributed by atoms with Crippen molar-refractivity contribution in [1.82, 2.24) is 0 Å². The molecule has 0 heterocycles. The monoisotopic (exact) mass is 512 g/mol. The van der Waals surface area contributed by atoms with Crippen LogP contribution < -0.4 is 9.41 Å². The van der Waals surface area contributed by atoms with Crippen molar-refractivity contribution >= 4 is 14.0 Å². The van der Waals surface area contributed by atoms with E-state index in [-0.39, 0.29) is 17.3 Å². The van der Waals surface area contributed by atoms with Crippen molar-refractivity contribution in [3.05, 3.63) is 65.0 Å². The molecule has 4 heteroatoms. The van der Waals surface area contributed by atoms with Crippen molar-refractivity contribution in [2.45, 2.75) is 20.2 Å². The minimum Gasteiger partial charge on any atom is -1.00 e. The molecule has 1 saturated carbocycles. The smallest absolute Gasteiger partial charge is 1.00 e. The molecule has 1 fully saturated rings. The van der Waals surface area contributed by atoms with E-state index in [2.05, 4.69) is 68.0 Å². The average molecular weight is 511 g/mol. The number of hydrogen-bond donors (Lipinski definition) is 0. The molecular weight excluding hydrogens is 488 g/mol. The molecule has 4 unspecified atom stereocenters. The first-order chi connectivity index (χ1) is 10.7. The first-order valence-electron chi connectivity index (χ1n) is 8.33. The molecule has 0 spiro atoms. The van der Waals surface area contributed by atoms with E-state index in [1.54, 1.807) is 10.9 Å². The maximum absolute atomic E-state index is 2.54. The summed E-state index contributed by atoms with van der Waals surface area (Å²) in [4.78, 5) is 0. The summed E-state index contributed by atoms with van der Waals surface area (Å²) in [5, 5.41) is 1.80. The van der Waals surface area contributed by atoms with Crippen LogP contribution in [0.2, 0.25) is 3.67 Å². The Kier molecular flexibility index (Phi) is 6.91. The van der Waals surface area contributed by atoms with Gasteiger partial charge >= 0.3 is 147 Å². The zero-order chi connectivity index (χ0) is 15.1. The summed E-state index contributed by atoms with van der Waals surface area (Å²) in [5.74, 6) is 1.73. The predicted molar refractivity (Wildman–Crippen MR) is 94.2 cm³/mol. The fourth-order valence-electron chi connectivity index (χ4n) is 4.23. The normalized spacial score (nSPS) is 29.2. The van der Waals surface area contributed by atoms with Crippen molar-refractivity contribution in [3.63, 3.8) is 0 Å². The summed E-state index contributed by atoms with van der Waals surface area (Å²) in [7, 11) is 0.0510. The van der Waals surface area contributed by atoms with Crippen LogP contribution in [0.1, 0.15) is 27.6 Å². The van der Waals surface area contributed by atoms with Gasteiger partial charge in [-0.2, -0.15) is 0 Å². The Labute approximate surface area is 156 Å². The van der Waals surface area contributed by atoms with Gasteiger partial charge < -0.3 is 9.41 Å². The maximum atomic E-state index is 2.54. The van der Waals surface area contributed by atoms with Gasteiger partial charge in [-0.05, 0) is 0 Å². The third-order valence-electron chi connectivity index (χ3n) is 5.38. The van der Waals surface area contributed by atoms with Crippen LogP contribution in [0.25, 0.3) is 6.08 Å². The molecule has 0 saturated heterocycles. The van der Waals surface area contributed by atoms with Gasteiger partial charge in [-0.3, -0.25) is 0 Å². The van der Waals surface area contributed by atoms with Gasteiger partial charge in [-0.1, -0.05) is 0 Å². The largest absolute Gasteiger partial charge is 1.00 e. The summed E-state index contributed by atoms with van der Waals surface area (Å²) in [6.45, 7) is 4.90. The van der Waals surface area contributed by atoms with Crippen molar-refractivity contribution in [1.29, 1.82) is 0 Å². The van der Waals surface area contributed by atoms with Gasteiger partial charge in [0.05, 0.1) is 0 Å². The quantitative estimate of drug-likeness (QED) is 0.392. The standard InChI is InChI=1S/C11H12P.C9H11.2FH.Hf/c1-12(2)11-7-9-5-3-4-6-10(9)8-11;1-2-5-9-7-3-6-8(9)4-1;;;/h3-8H,1-2H3;1-2,4-6,8-9H,3,7H2;2*1H;/q;;;;+2/p-2. The first-order valence-corrected chi connectivity index (χ1v) is 14.7. The summed E-state index contributed by atoms with van der Waals surface area (Å²) in [5.41, 5.74) is 3.20. The van der Waals surface area contributed by atoms with Gasteiger partial charge in [0.15, 0.2) is 0 Å². The van der Waals surface area contributed by atoms with E-state index in [1.807, 2.05) is 0 Å². The molecule has 4 atom stereocenters. The Morgan fingerprint density at radius 3 is 2.54 bits per heavy atom. The number of allylic oxidation sites excluding steroid dienone is 5. The zero-order valence-electron chi connectivity index (χ0n) is 14.1. The Hall–Kier alpha value is -0.400. The van der Waals surface area contributed by atoms with Crippen LogP contribution in [0.5, 0.6) is 0 Å². The third kappa shape index (κ3) is 3.58. The minimum absolute atomic E-state index is 0. The molecule has 1 aromatic rings. The molecular formula is C20H23F2HfP. The number of benzene rings is 1. The molecule has 0 amide bonds. The predicted octanol–water partition coefficient (Wildman–Crippen LogP) is -0.145. The van der Waals surface area contributed by atoms with Gasteiger partial charge in [0, 0.05) is 0 Å². The van der Waals surface area contributed by atoms with Crippen molar-refractivity contribution in [2.75, 3.05) is 13.3 Å². The molecule has 0 aromatic heterocycles.